The molecule has 0 radical (unpaired) electrons. The molecule has 1 aliphatic rings. The van der Waals surface area contributed by atoms with Crippen LogP contribution < -0.4 is 0 Å². The van der Waals surface area contributed by atoms with Gasteiger partial charge in [-0.15, -0.1) is 0 Å². The number of rotatable bonds is 5. The second kappa shape index (κ2) is 3.72. The highest BCUT2D eigenvalue weighted by Crippen LogP contribution is 2.26. The van der Waals surface area contributed by atoms with E-state index >= 15 is 0 Å². The minimum absolute atomic E-state index is 0.0843. The van der Waals surface area contributed by atoms with E-state index in [-0.39, 0.29) is 5.60 Å². The first-order valence-electron chi connectivity index (χ1n) is 4.22. The zero-order valence-corrected chi connectivity index (χ0v) is 7.62. The molecule has 0 saturated carbocycles. The Labute approximate surface area is 73.0 Å². The van der Waals surface area contributed by atoms with Gasteiger partial charge in [-0.25, -0.2) is 0 Å². The van der Waals surface area contributed by atoms with Crippen LogP contribution in [-0.4, -0.2) is 30.1 Å². The van der Waals surface area contributed by atoms with Crippen molar-refractivity contribution in [3.05, 3.63) is 12.3 Å². The molecule has 1 rings (SSSR count). The second-order valence-corrected chi connectivity index (χ2v) is 3.31. The van der Waals surface area contributed by atoms with Crippen molar-refractivity contribution in [3.8, 4) is 0 Å². The zero-order chi connectivity index (χ0) is 9.03. The topological polar surface area (TPSA) is 32.8 Å². The van der Waals surface area contributed by atoms with Crippen LogP contribution in [-0.2, 0) is 9.53 Å². The summed E-state index contributed by atoms with van der Waals surface area (Å²) in [6, 6.07) is 0. The smallest absolute Gasteiger partial charge is 0.213 e. The number of carbonyl (C=O) groups is 1. The molecule has 1 fully saturated rings. The van der Waals surface area contributed by atoms with Crippen LogP contribution in [0.15, 0.2) is 12.3 Å². The molecule has 1 heterocycles. The van der Waals surface area contributed by atoms with Crippen molar-refractivity contribution in [2.24, 2.45) is 0 Å². The Morgan fingerprint density at radius 3 is 2.75 bits per heavy atom. The maximum Gasteiger partial charge on any atom is 0.213 e. The fraction of sp³-hybridized carbons (Fsp3) is 0.667. The number of ether oxygens (including phenoxy) is 1. The summed E-state index contributed by atoms with van der Waals surface area (Å²) in [6.07, 6.45) is 5.54. The molecule has 0 spiro atoms. The van der Waals surface area contributed by atoms with E-state index in [1.807, 2.05) is 19.9 Å². The van der Waals surface area contributed by atoms with E-state index in [4.69, 9.17) is 4.74 Å². The average Bonchev–Trinajstić information content (AvgIpc) is 2.77. The van der Waals surface area contributed by atoms with Gasteiger partial charge in [-0.1, -0.05) is 13.0 Å². The molecule has 0 aliphatic carbocycles. The number of hydrogen-bond donors (Lipinski definition) is 0. The van der Waals surface area contributed by atoms with E-state index in [9.17, 15) is 4.79 Å². The summed E-state index contributed by atoms with van der Waals surface area (Å²) in [5, 5.41) is 0. The Hall–Kier alpha value is -0.830. The minimum Gasteiger partial charge on any atom is -0.368 e. The molecule has 1 amide bonds. The number of allylic oxidation sites excluding steroid dienone is 1. The van der Waals surface area contributed by atoms with Crippen molar-refractivity contribution in [1.82, 2.24) is 4.90 Å². The average molecular weight is 169 g/mol. The molecule has 0 N–H and O–H groups in total. The maximum absolute atomic E-state index is 10.5. The van der Waals surface area contributed by atoms with Crippen molar-refractivity contribution in [2.45, 2.75) is 25.9 Å². The normalized spacial score (nSPS) is 27.5. The van der Waals surface area contributed by atoms with Crippen LogP contribution in [0.3, 0.4) is 0 Å². The Bertz CT molecular complexity index is 185. The highest BCUT2D eigenvalue weighted by atomic mass is 16.6. The molecule has 3 heteroatoms. The Balaban J connectivity index is 2.34. The van der Waals surface area contributed by atoms with Crippen molar-refractivity contribution in [3.63, 3.8) is 0 Å². The van der Waals surface area contributed by atoms with E-state index in [2.05, 4.69) is 0 Å². The van der Waals surface area contributed by atoms with Gasteiger partial charge in [-0.05, 0) is 13.3 Å². The molecule has 0 aromatic carbocycles. The summed E-state index contributed by atoms with van der Waals surface area (Å²) >= 11 is 0. The molecular weight excluding hydrogens is 154 g/mol. The third-order valence-corrected chi connectivity index (χ3v) is 1.82. The largest absolute Gasteiger partial charge is 0.368 e. The predicted octanol–water partition coefficient (Wildman–Crippen LogP) is 1.16. The second-order valence-electron chi connectivity index (χ2n) is 3.31. The van der Waals surface area contributed by atoms with Gasteiger partial charge in [0, 0.05) is 6.20 Å². The SMILES string of the molecule is CCC=CN(C=O)CC1(C)CO1. The van der Waals surface area contributed by atoms with E-state index in [0.717, 1.165) is 19.4 Å². The van der Waals surface area contributed by atoms with Crippen LogP contribution in [0.4, 0.5) is 0 Å². The molecule has 1 aliphatic heterocycles. The van der Waals surface area contributed by atoms with E-state index in [0.29, 0.717) is 6.54 Å². The third kappa shape index (κ3) is 2.66. The highest BCUT2D eigenvalue weighted by molar-refractivity contribution is 5.49. The monoisotopic (exact) mass is 169 g/mol. The van der Waals surface area contributed by atoms with E-state index in [1.165, 1.54) is 0 Å². The van der Waals surface area contributed by atoms with Crippen LogP contribution in [0.25, 0.3) is 0 Å². The highest BCUT2D eigenvalue weighted by Gasteiger charge is 2.40. The third-order valence-electron chi connectivity index (χ3n) is 1.82. The van der Waals surface area contributed by atoms with Crippen LogP contribution in [0.1, 0.15) is 20.3 Å². The number of amides is 1. The molecule has 1 unspecified atom stereocenters. The standard InChI is InChI=1S/C9H15NO2/c1-3-4-5-10(8-11)6-9(2)7-12-9/h4-5,8H,3,6-7H2,1-2H3. The van der Waals surface area contributed by atoms with Crippen molar-refractivity contribution >= 4 is 6.41 Å². The van der Waals surface area contributed by atoms with Crippen LogP contribution >= 0.6 is 0 Å². The van der Waals surface area contributed by atoms with Gasteiger partial charge in [0.25, 0.3) is 0 Å². The summed E-state index contributed by atoms with van der Waals surface area (Å²) < 4.78 is 5.17. The van der Waals surface area contributed by atoms with Crippen LogP contribution in [0.5, 0.6) is 0 Å². The lowest BCUT2D eigenvalue weighted by atomic mass is 10.2. The Kier molecular flexibility index (Phi) is 2.87. The lowest BCUT2D eigenvalue weighted by Crippen LogP contribution is -2.27. The lowest BCUT2D eigenvalue weighted by Gasteiger charge is -2.14. The quantitative estimate of drug-likeness (QED) is 0.457. The van der Waals surface area contributed by atoms with E-state index in [1.54, 1.807) is 11.1 Å². The first-order valence-corrected chi connectivity index (χ1v) is 4.22. The number of epoxide rings is 1. The van der Waals surface area contributed by atoms with E-state index < -0.39 is 0 Å². The minimum atomic E-state index is -0.0843. The molecular formula is C9H15NO2. The fourth-order valence-corrected chi connectivity index (χ4v) is 0.967. The summed E-state index contributed by atoms with van der Waals surface area (Å²) in [5.41, 5.74) is -0.0843. The molecule has 0 aromatic heterocycles. The van der Waals surface area contributed by atoms with Gasteiger partial charge in [0.15, 0.2) is 0 Å². The Morgan fingerprint density at radius 2 is 2.33 bits per heavy atom. The van der Waals surface area contributed by atoms with Gasteiger partial charge < -0.3 is 9.64 Å². The molecule has 1 atom stereocenters. The maximum atomic E-state index is 10.5. The molecule has 1 saturated heterocycles. The first-order chi connectivity index (χ1) is 5.70. The summed E-state index contributed by atoms with van der Waals surface area (Å²) in [4.78, 5) is 12.2. The number of nitrogens with zero attached hydrogens (tertiary/aromatic N) is 1. The molecule has 12 heavy (non-hydrogen) atoms. The van der Waals surface area contributed by atoms with Crippen molar-refractivity contribution in [1.29, 1.82) is 0 Å². The van der Waals surface area contributed by atoms with Gasteiger partial charge in [-0.2, -0.15) is 0 Å². The van der Waals surface area contributed by atoms with Gasteiger partial charge >= 0.3 is 0 Å². The lowest BCUT2D eigenvalue weighted by molar-refractivity contribution is -0.116. The van der Waals surface area contributed by atoms with Crippen LogP contribution in [0.2, 0.25) is 0 Å². The number of hydrogen-bond acceptors (Lipinski definition) is 2. The fourth-order valence-electron chi connectivity index (χ4n) is 0.967. The summed E-state index contributed by atoms with van der Waals surface area (Å²) in [6.45, 7) is 5.46. The molecule has 0 bridgehead atoms. The van der Waals surface area contributed by atoms with Gasteiger partial charge in [0.05, 0.1) is 13.2 Å². The zero-order valence-electron chi connectivity index (χ0n) is 7.62. The molecule has 0 aromatic rings. The van der Waals surface area contributed by atoms with Gasteiger partial charge in [0.2, 0.25) is 6.41 Å². The molecule has 68 valence electrons. The van der Waals surface area contributed by atoms with Crippen molar-refractivity contribution < 1.29 is 9.53 Å². The molecule has 3 nitrogen and oxygen atoms in total. The van der Waals surface area contributed by atoms with Crippen molar-refractivity contribution in [2.75, 3.05) is 13.2 Å². The summed E-state index contributed by atoms with van der Waals surface area (Å²) in [7, 11) is 0. The predicted molar refractivity (Wildman–Crippen MR) is 46.6 cm³/mol. The summed E-state index contributed by atoms with van der Waals surface area (Å²) in [5.74, 6) is 0. The van der Waals surface area contributed by atoms with Crippen LogP contribution in [0, 0.1) is 0 Å². The first kappa shape index (κ1) is 9.26. The Morgan fingerprint density at radius 1 is 1.67 bits per heavy atom. The van der Waals surface area contributed by atoms with Gasteiger partial charge in [0.1, 0.15) is 5.60 Å². The number of carbonyl (C=O) groups excluding carboxylic acids is 1. The van der Waals surface area contributed by atoms with Gasteiger partial charge in [-0.3, -0.25) is 4.79 Å².